The number of rotatable bonds is 2. The van der Waals surface area contributed by atoms with Gasteiger partial charge < -0.3 is 4.90 Å². The molecule has 1 fully saturated rings. The van der Waals surface area contributed by atoms with E-state index in [4.69, 9.17) is 0 Å². The second-order valence-corrected chi connectivity index (χ2v) is 7.77. The molecule has 1 saturated heterocycles. The summed E-state index contributed by atoms with van der Waals surface area (Å²) < 4.78 is 43.0. The number of piperidine rings is 1. The monoisotopic (exact) mass is 412 g/mol. The van der Waals surface area contributed by atoms with Crippen LogP contribution in [0.4, 0.5) is 13.2 Å². The molecule has 0 N–H and O–H groups in total. The number of aryl methyl sites for hydroxylation is 1. The quantitative estimate of drug-likeness (QED) is 0.756. The molecule has 0 spiro atoms. The molecule has 0 aliphatic carbocycles. The van der Waals surface area contributed by atoms with Gasteiger partial charge in [-0.25, -0.2) is 9.78 Å². The van der Waals surface area contributed by atoms with E-state index in [0.29, 0.717) is 24.0 Å². The Balaban J connectivity index is 2.21. The van der Waals surface area contributed by atoms with Crippen LogP contribution in [-0.4, -0.2) is 38.0 Å². The average molecular weight is 412 g/mol. The predicted molar refractivity (Wildman–Crippen MR) is 101 cm³/mol. The molecular weight excluding hydrogens is 389 g/mol. The van der Waals surface area contributed by atoms with Crippen molar-refractivity contribution in [1.82, 2.24) is 19.0 Å². The van der Waals surface area contributed by atoms with Gasteiger partial charge in [0.15, 0.2) is 0 Å². The second-order valence-electron chi connectivity index (χ2n) is 7.77. The molecule has 1 aliphatic rings. The normalized spacial score (nSPS) is 17.9. The molecule has 0 saturated carbocycles. The summed E-state index contributed by atoms with van der Waals surface area (Å²) in [6.07, 6.45) is -3.59. The van der Waals surface area contributed by atoms with E-state index in [2.05, 4.69) is 4.98 Å². The third kappa shape index (κ3) is 3.67. The van der Waals surface area contributed by atoms with Crippen LogP contribution in [0.1, 0.15) is 43.9 Å². The zero-order valence-electron chi connectivity index (χ0n) is 16.7. The molecule has 1 amide bonds. The number of carbonyl (C=O) groups excluding carboxylic acids is 1. The highest BCUT2D eigenvalue weighted by Crippen LogP contribution is 2.36. The van der Waals surface area contributed by atoms with Crippen molar-refractivity contribution in [1.29, 1.82) is 0 Å². The van der Waals surface area contributed by atoms with Crippen molar-refractivity contribution >= 4 is 16.9 Å². The van der Waals surface area contributed by atoms with Crippen LogP contribution >= 0.6 is 0 Å². The van der Waals surface area contributed by atoms with Crippen LogP contribution in [0.2, 0.25) is 0 Å². The van der Waals surface area contributed by atoms with Crippen molar-refractivity contribution in [3.05, 3.63) is 38.2 Å². The van der Waals surface area contributed by atoms with E-state index in [9.17, 15) is 27.6 Å². The van der Waals surface area contributed by atoms with Gasteiger partial charge in [-0.1, -0.05) is 13.8 Å². The van der Waals surface area contributed by atoms with Crippen LogP contribution in [0.25, 0.3) is 11.0 Å². The minimum absolute atomic E-state index is 0.0622. The molecule has 0 aromatic carbocycles. The molecule has 0 bridgehead atoms. The number of fused-ring (bicyclic) bond motifs is 1. The maximum Gasteiger partial charge on any atom is 0.417 e. The van der Waals surface area contributed by atoms with E-state index >= 15 is 0 Å². The molecule has 29 heavy (non-hydrogen) atoms. The average Bonchev–Trinajstić information content (AvgIpc) is 2.68. The van der Waals surface area contributed by atoms with Crippen LogP contribution in [0.3, 0.4) is 0 Å². The molecule has 1 atom stereocenters. The third-order valence-corrected chi connectivity index (χ3v) is 5.38. The largest absolute Gasteiger partial charge is 0.417 e. The number of aromatic nitrogens is 3. The van der Waals surface area contributed by atoms with Crippen molar-refractivity contribution in [2.45, 2.75) is 38.8 Å². The summed E-state index contributed by atoms with van der Waals surface area (Å²) in [6.45, 7) is 4.35. The number of alkyl halides is 3. The fraction of sp³-hybridized carbons (Fsp3) is 0.579. The molecule has 1 aliphatic heterocycles. The first-order valence-corrected chi connectivity index (χ1v) is 9.40. The van der Waals surface area contributed by atoms with Gasteiger partial charge in [-0.3, -0.25) is 18.7 Å². The van der Waals surface area contributed by atoms with Gasteiger partial charge >= 0.3 is 11.9 Å². The van der Waals surface area contributed by atoms with Gasteiger partial charge in [-0.05, 0) is 18.9 Å². The highest BCUT2D eigenvalue weighted by Gasteiger charge is 2.37. The molecule has 10 heteroatoms. The van der Waals surface area contributed by atoms with E-state index < -0.39 is 34.3 Å². The topological polar surface area (TPSA) is 77.2 Å². The minimum atomic E-state index is -4.79. The Morgan fingerprint density at radius 2 is 1.86 bits per heavy atom. The SMILES string of the molecule is CC(C)C(=O)N1CCCC(c2cc(C(F)(F)F)c3c(=O)n(C)c(=O)n(C)c3n2)C1. The Morgan fingerprint density at radius 1 is 1.21 bits per heavy atom. The van der Waals surface area contributed by atoms with Crippen molar-refractivity contribution in [2.24, 2.45) is 20.0 Å². The second kappa shape index (κ2) is 7.31. The van der Waals surface area contributed by atoms with Gasteiger partial charge in [0.2, 0.25) is 5.91 Å². The molecule has 1 unspecified atom stereocenters. The van der Waals surface area contributed by atoms with E-state index in [1.165, 1.54) is 7.05 Å². The lowest BCUT2D eigenvalue weighted by Crippen LogP contribution is -2.42. The lowest BCUT2D eigenvalue weighted by Gasteiger charge is -2.34. The van der Waals surface area contributed by atoms with Crippen molar-refractivity contribution in [3.63, 3.8) is 0 Å². The number of likely N-dealkylation sites (tertiary alicyclic amines) is 1. The standard InChI is InChI=1S/C19H23F3N4O3/c1-10(2)16(27)26-7-5-6-11(9-26)13-8-12(19(20,21)22)14-15(23-13)24(3)18(29)25(4)17(14)28/h8,10-11H,5-7,9H2,1-4H3. The summed E-state index contributed by atoms with van der Waals surface area (Å²) in [7, 11) is 2.42. The maximum absolute atomic E-state index is 13.8. The predicted octanol–water partition coefficient (Wildman–Crippen LogP) is 2.01. The third-order valence-electron chi connectivity index (χ3n) is 5.38. The van der Waals surface area contributed by atoms with Gasteiger partial charge in [-0.2, -0.15) is 13.2 Å². The first-order valence-electron chi connectivity index (χ1n) is 9.40. The number of hydrogen-bond acceptors (Lipinski definition) is 4. The van der Waals surface area contributed by atoms with Crippen molar-refractivity contribution in [3.8, 4) is 0 Å². The minimum Gasteiger partial charge on any atom is -0.342 e. The zero-order chi connectivity index (χ0) is 21.7. The van der Waals surface area contributed by atoms with Crippen LogP contribution < -0.4 is 11.2 Å². The summed E-state index contributed by atoms with van der Waals surface area (Å²) in [5.74, 6) is -0.684. The highest BCUT2D eigenvalue weighted by molar-refractivity contribution is 5.80. The van der Waals surface area contributed by atoms with Gasteiger partial charge in [0.05, 0.1) is 10.9 Å². The fourth-order valence-electron chi connectivity index (χ4n) is 3.79. The zero-order valence-corrected chi connectivity index (χ0v) is 16.7. The Labute approximate surface area is 164 Å². The summed E-state index contributed by atoms with van der Waals surface area (Å²) in [5.41, 5.74) is -3.05. The molecule has 0 radical (unpaired) electrons. The molecule has 3 rings (SSSR count). The summed E-state index contributed by atoms with van der Waals surface area (Å²) >= 11 is 0. The summed E-state index contributed by atoms with van der Waals surface area (Å²) in [5, 5.41) is -0.628. The molecule has 158 valence electrons. The number of carbonyl (C=O) groups is 1. The van der Waals surface area contributed by atoms with Crippen LogP contribution in [-0.2, 0) is 25.1 Å². The van der Waals surface area contributed by atoms with E-state index in [1.807, 2.05) is 0 Å². The smallest absolute Gasteiger partial charge is 0.342 e. The van der Waals surface area contributed by atoms with Crippen LogP contribution in [0, 0.1) is 5.92 Å². The summed E-state index contributed by atoms with van der Waals surface area (Å²) in [6, 6.07) is 0.891. The van der Waals surface area contributed by atoms with E-state index in [1.54, 1.807) is 18.7 Å². The molecule has 2 aromatic rings. The maximum atomic E-state index is 13.8. The van der Waals surface area contributed by atoms with Gasteiger partial charge in [-0.15, -0.1) is 0 Å². The van der Waals surface area contributed by atoms with Crippen LogP contribution in [0.15, 0.2) is 15.7 Å². The van der Waals surface area contributed by atoms with Gasteiger partial charge in [0.1, 0.15) is 5.65 Å². The molecular formula is C19H23F3N4O3. The number of pyridine rings is 1. The Kier molecular flexibility index (Phi) is 5.31. The first kappa shape index (κ1) is 21.1. The van der Waals surface area contributed by atoms with Crippen molar-refractivity contribution in [2.75, 3.05) is 13.1 Å². The number of amides is 1. The first-order chi connectivity index (χ1) is 13.4. The number of halogens is 3. The van der Waals surface area contributed by atoms with Gasteiger partial charge in [0, 0.05) is 44.7 Å². The van der Waals surface area contributed by atoms with Crippen molar-refractivity contribution < 1.29 is 18.0 Å². The lowest BCUT2D eigenvalue weighted by atomic mass is 9.92. The number of nitrogens with zero attached hydrogens (tertiary/aromatic N) is 4. The fourth-order valence-corrected chi connectivity index (χ4v) is 3.79. The van der Waals surface area contributed by atoms with E-state index in [0.717, 1.165) is 17.7 Å². The molecule has 7 nitrogen and oxygen atoms in total. The molecule has 2 aromatic heterocycles. The Morgan fingerprint density at radius 3 is 2.45 bits per heavy atom. The van der Waals surface area contributed by atoms with Crippen LogP contribution in [0.5, 0.6) is 0 Å². The Bertz CT molecular complexity index is 1090. The highest BCUT2D eigenvalue weighted by atomic mass is 19.4. The summed E-state index contributed by atoms with van der Waals surface area (Å²) in [4.78, 5) is 42.9. The number of hydrogen-bond donors (Lipinski definition) is 0. The Hall–Kier alpha value is -2.65. The molecule has 3 heterocycles. The van der Waals surface area contributed by atoms with E-state index in [-0.39, 0.29) is 29.7 Å². The lowest BCUT2D eigenvalue weighted by molar-refractivity contribution is -0.137. The van der Waals surface area contributed by atoms with Gasteiger partial charge in [0.25, 0.3) is 5.56 Å².